The van der Waals surface area contributed by atoms with Crippen LogP contribution in [0.2, 0.25) is 0 Å². The molecule has 1 aliphatic heterocycles. The number of aromatic amines is 1. The Morgan fingerprint density at radius 2 is 2.14 bits per heavy atom. The van der Waals surface area contributed by atoms with Gasteiger partial charge in [0.15, 0.2) is 0 Å². The number of likely N-dealkylation sites (tertiary alicyclic amines) is 1. The highest BCUT2D eigenvalue weighted by atomic mass is 16.2. The number of carbonyl (C=O) groups is 2. The largest absolute Gasteiger partial charge is 0.361 e. The summed E-state index contributed by atoms with van der Waals surface area (Å²) < 4.78 is 0. The topological polar surface area (TPSA) is 65.2 Å². The Hall–Kier alpha value is -2.30. The molecule has 0 bridgehead atoms. The predicted octanol–water partition coefficient (Wildman–Crippen LogP) is 2.12. The van der Waals surface area contributed by atoms with Crippen LogP contribution in [0.15, 0.2) is 30.5 Å². The van der Waals surface area contributed by atoms with Gasteiger partial charge in [0.1, 0.15) is 0 Å². The van der Waals surface area contributed by atoms with Gasteiger partial charge < -0.3 is 15.2 Å². The van der Waals surface area contributed by atoms with Gasteiger partial charge in [-0.1, -0.05) is 0 Å². The van der Waals surface area contributed by atoms with E-state index < -0.39 is 0 Å². The van der Waals surface area contributed by atoms with Crippen LogP contribution in [0.4, 0.5) is 5.69 Å². The van der Waals surface area contributed by atoms with Gasteiger partial charge in [0.2, 0.25) is 11.8 Å². The Kier molecular flexibility index (Phi) is 2.74. The third-order valence-electron chi connectivity index (χ3n) is 4.34. The van der Waals surface area contributed by atoms with Crippen molar-refractivity contribution in [2.45, 2.75) is 25.3 Å². The van der Waals surface area contributed by atoms with Crippen molar-refractivity contribution >= 4 is 28.4 Å². The smallest absolute Gasteiger partial charge is 0.229 e. The molecule has 1 unspecified atom stereocenters. The van der Waals surface area contributed by atoms with E-state index in [-0.39, 0.29) is 17.7 Å². The van der Waals surface area contributed by atoms with Crippen LogP contribution >= 0.6 is 0 Å². The standard InChI is InChI=1S/C16H17N3O2/c20-15-8-11(9-19(15)13-2-3-13)16(21)18-12-1-4-14-10(7-12)5-6-17-14/h1,4-7,11,13,17H,2-3,8-9H2,(H,18,21). The third kappa shape index (κ3) is 2.28. The van der Waals surface area contributed by atoms with E-state index in [2.05, 4.69) is 10.3 Å². The fraction of sp³-hybridized carbons (Fsp3) is 0.375. The van der Waals surface area contributed by atoms with Crippen molar-refractivity contribution in [1.29, 1.82) is 0 Å². The van der Waals surface area contributed by atoms with Crippen molar-refractivity contribution in [2.24, 2.45) is 5.92 Å². The molecule has 2 N–H and O–H groups in total. The number of benzene rings is 1. The highest BCUT2D eigenvalue weighted by molar-refractivity contribution is 5.98. The summed E-state index contributed by atoms with van der Waals surface area (Å²) in [5.74, 6) is -0.153. The second-order valence-electron chi connectivity index (χ2n) is 5.95. The number of amides is 2. The van der Waals surface area contributed by atoms with Gasteiger partial charge in [-0.2, -0.15) is 0 Å². The van der Waals surface area contributed by atoms with Crippen molar-refractivity contribution in [3.05, 3.63) is 30.5 Å². The molecule has 5 nitrogen and oxygen atoms in total. The number of rotatable bonds is 3. The number of aromatic nitrogens is 1. The summed E-state index contributed by atoms with van der Waals surface area (Å²) in [7, 11) is 0. The van der Waals surface area contributed by atoms with Crippen LogP contribution in [0.5, 0.6) is 0 Å². The van der Waals surface area contributed by atoms with Gasteiger partial charge in [0, 0.05) is 41.8 Å². The molecule has 2 fully saturated rings. The molecule has 0 radical (unpaired) electrons. The average Bonchev–Trinajstić information content (AvgIpc) is 3.07. The van der Waals surface area contributed by atoms with Gasteiger partial charge in [0.05, 0.1) is 5.92 Å². The zero-order chi connectivity index (χ0) is 14.4. The predicted molar refractivity (Wildman–Crippen MR) is 79.8 cm³/mol. The highest BCUT2D eigenvalue weighted by Gasteiger charge is 2.41. The first kappa shape index (κ1) is 12.4. The lowest BCUT2D eigenvalue weighted by atomic mass is 10.1. The van der Waals surface area contributed by atoms with Crippen molar-refractivity contribution in [3.63, 3.8) is 0 Å². The maximum Gasteiger partial charge on any atom is 0.229 e. The minimum Gasteiger partial charge on any atom is -0.361 e. The zero-order valence-corrected chi connectivity index (χ0v) is 11.6. The van der Waals surface area contributed by atoms with Gasteiger partial charge in [-0.05, 0) is 37.1 Å². The molecule has 1 aromatic heterocycles. The number of H-pyrrole nitrogens is 1. The number of nitrogens with one attached hydrogen (secondary N) is 2. The van der Waals surface area contributed by atoms with Gasteiger partial charge >= 0.3 is 0 Å². The molecular formula is C16H17N3O2. The van der Waals surface area contributed by atoms with Crippen molar-refractivity contribution in [2.75, 3.05) is 11.9 Å². The number of anilines is 1. The summed E-state index contributed by atoms with van der Waals surface area (Å²) in [5, 5.41) is 4.00. The number of hydrogen-bond donors (Lipinski definition) is 2. The molecule has 108 valence electrons. The summed E-state index contributed by atoms with van der Waals surface area (Å²) in [6, 6.07) is 8.14. The molecule has 1 aromatic carbocycles. The Morgan fingerprint density at radius 1 is 1.29 bits per heavy atom. The minimum absolute atomic E-state index is 0.0543. The summed E-state index contributed by atoms with van der Waals surface area (Å²) >= 11 is 0. The molecule has 2 heterocycles. The Balaban J connectivity index is 1.46. The van der Waals surface area contributed by atoms with E-state index in [9.17, 15) is 9.59 Å². The molecule has 5 heteroatoms. The summed E-state index contributed by atoms with van der Waals surface area (Å²) in [6.07, 6.45) is 4.39. The van der Waals surface area contributed by atoms with E-state index >= 15 is 0 Å². The van der Waals surface area contributed by atoms with Crippen LogP contribution in [-0.2, 0) is 9.59 Å². The first-order chi connectivity index (χ1) is 10.2. The van der Waals surface area contributed by atoms with Gasteiger partial charge in [-0.15, -0.1) is 0 Å². The van der Waals surface area contributed by atoms with Crippen LogP contribution in [0, 0.1) is 5.92 Å². The van der Waals surface area contributed by atoms with Gasteiger partial charge in [-0.3, -0.25) is 9.59 Å². The zero-order valence-electron chi connectivity index (χ0n) is 11.6. The SMILES string of the molecule is O=C(Nc1ccc2[nH]ccc2c1)C1CC(=O)N(C2CC2)C1. The lowest BCUT2D eigenvalue weighted by Crippen LogP contribution is -2.29. The van der Waals surface area contributed by atoms with Crippen LogP contribution in [-0.4, -0.2) is 34.3 Å². The van der Waals surface area contributed by atoms with Gasteiger partial charge in [-0.25, -0.2) is 0 Å². The summed E-state index contributed by atoms with van der Waals surface area (Å²) in [5.41, 5.74) is 1.83. The summed E-state index contributed by atoms with van der Waals surface area (Å²) in [4.78, 5) is 29.2. The third-order valence-corrected chi connectivity index (χ3v) is 4.34. The molecule has 2 aromatic rings. The fourth-order valence-electron chi connectivity index (χ4n) is 3.02. The molecule has 1 atom stereocenters. The molecule has 0 spiro atoms. The molecule has 4 rings (SSSR count). The van der Waals surface area contributed by atoms with Gasteiger partial charge in [0.25, 0.3) is 0 Å². The normalized spacial score (nSPS) is 22.0. The Morgan fingerprint density at radius 3 is 2.95 bits per heavy atom. The minimum atomic E-state index is -0.222. The number of nitrogens with zero attached hydrogens (tertiary/aromatic N) is 1. The molecule has 21 heavy (non-hydrogen) atoms. The average molecular weight is 283 g/mol. The van der Waals surface area contributed by atoms with Crippen LogP contribution in [0.1, 0.15) is 19.3 Å². The second kappa shape index (κ2) is 4.62. The molecule has 2 amide bonds. The monoisotopic (exact) mass is 283 g/mol. The quantitative estimate of drug-likeness (QED) is 0.906. The fourth-order valence-corrected chi connectivity index (χ4v) is 3.02. The maximum absolute atomic E-state index is 12.3. The van der Waals surface area contributed by atoms with Crippen molar-refractivity contribution in [3.8, 4) is 0 Å². The molecule has 2 aliphatic rings. The molecule has 1 saturated carbocycles. The van der Waals surface area contributed by atoms with E-state index in [0.29, 0.717) is 19.0 Å². The second-order valence-corrected chi connectivity index (χ2v) is 5.95. The first-order valence-corrected chi connectivity index (χ1v) is 7.38. The highest BCUT2D eigenvalue weighted by Crippen LogP contribution is 2.33. The Bertz CT molecular complexity index is 717. The van der Waals surface area contributed by atoms with E-state index in [1.807, 2.05) is 35.4 Å². The number of hydrogen-bond acceptors (Lipinski definition) is 2. The number of fused-ring (bicyclic) bond motifs is 1. The van der Waals surface area contributed by atoms with Crippen LogP contribution in [0.3, 0.4) is 0 Å². The Labute approximate surface area is 122 Å². The van der Waals surface area contributed by atoms with E-state index in [4.69, 9.17) is 0 Å². The first-order valence-electron chi connectivity index (χ1n) is 7.38. The van der Waals surface area contributed by atoms with Crippen LogP contribution < -0.4 is 5.32 Å². The molecular weight excluding hydrogens is 266 g/mol. The number of carbonyl (C=O) groups excluding carboxylic acids is 2. The van der Waals surface area contributed by atoms with E-state index in [1.54, 1.807) is 0 Å². The maximum atomic E-state index is 12.3. The van der Waals surface area contributed by atoms with Crippen molar-refractivity contribution in [1.82, 2.24) is 9.88 Å². The summed E-state index contributed by atoms with van der Waals surface area (Å²) in [6.45, 7) is 0.571. The molecule has 1 saturated heterocycles. The van der Waals surface area contributed by atoms with Crippen molar-refractivity contribution < 1.29 is 9.59 Å². The van der Waals surface area contributed by atoms with Crippen LogP contribution in [0.25, 0.3) is 10.9 Å². The van der Waals surface area contributed by atoms with E-state index in [0.717, 1.165) is 29.4 Å². The lowest BCUT2D eigenvalue weighted by Gasteiger charge is -2.15. The molecule has 1 aliphatic carbocycles. The van der Waals surface area contributed by atoms with E-state index in [1.165, 1.54) is 0 Å². The lowest BCUT2D eigenvalue weighted by molar-refractivity contribution is -0.128.